The maximum Gasteiger partial charge on any atom is 0.237 e. The van der Waals surface area contributed by atoms with E-state index in [1.54, 1.807) is 24.3 Å². The van der Waals surface area contributed by atoms with E-state index in [2.05, 4.69) is 17.9 Å². The number of nitrogens with one attached hydrogen (secondary N) is 1. The van der Waals surface area contributed by atoms with Crippen molar-refractivity contribution in [1.82, 2.24) is 0 Å². The highest BCUT2D eigenvalue weighted by atomic mass is 35.5. The Kier molecular flexibility index (Phi) is 4.88. The first-order valence-corrected chi connectivity index (χ1v) is 6.83. The van der Waals surface area contributed by atoms with Gasteiger partial charge in [0.2, 0.25) is 5.91 Å². The Labute approximate surface area is 123 Å². The predicted octanol–water partition coefficient (Wildman–Crippen LogP) is 3.82. The fourth-order valence-corrected chi connectivity index (χ4v) is 2.19. The van der Waals surface area contributed by atoms with Crippen LogP contribution in [0.25, 0.3) is 0 Å². The third kappa shape index (κ3) is 4.30. The van der Waals surface area contributed by atoms with E-state index in [1.165, 1.54) is 0 Å². The smallest absolute Gasteiger partial charge is 0.237 e. The van der Waals surface area contributed by atoms with Crippen LogP contribution in [-0.2, 0) is 11.2 Å². The van der Waals surface area contributed by atoms with Crippen LogP contribution in [0.4, 0.5) is 5.69 Å². The summed E-state index contributed by atoms with van der Waals surface area (Å²) in [6.45, 7) is 0. The zero-order valence-corrected chi connectivity index (χ0v) is 11.9. The molecule has 4 heteroatoms. The highest BCUT2D eigenvalue weighted by molar-refractivity contribution is 7.81. The van der Waals surface area contributed by atoms with Gasteiger partial charge < -0.3 is 5.32 Å². The lowest BCUT2D eigenvalue weighted by atomic mass is 10.1. The lowest BCUT2D eigenvalue weighted by molar-refractivity contribution is -0.115. The molecule has 19 heavy (non-hydrogen) atoms. The molecule has 2 aromatic rings. The molecule has 1 N–H and O–H groups in total. The van der Waals surface area contributed by atoms with Crippen molar-refractivity contribution in [3.05, 3.63) is 65.2 Å². The first kappa shape index (κ1) is 14.0. The molecule has 2 rings (SSSR count). The minimum Gasteiger partial charge on any atom is -0.325 e. The Morgan fingerprint density at radius 2 is 1.89 bits per heavy atom. The summed E-state index contributed by atoms with van der Waals surface area (Å²) >= 11 is 10.2. The highest BCUT2D eigenvalue weighted by Crippen LogP contribution is 2.16. The van der Waals surface area contributed by atoms with E-state index in [0.29, 0.717) is 17.1 Å². The number of hydrogen-bond acceptors (Lipinski definition) is 2. The predicted molar refractivity (Wildman–Crippen MR) is 83.0 cm³/mol. The van der Waals surface area contributed by atoms with Crippen LogP contribution >= 0.6 is 24.2 Å². The molecule has 1 atom stereocenters. The van der Waals surface area contributed by atoms with Crippen molar-refractivity contribution < 1.29 is 4.79 Å². The molecule has 2 nitrogen and oxygen atoms in total. The van der Waals surface area contributed by atoms with E-state index in [1.807, 2.05) is 30.3 Å². The van der Waals surface area contributed by atoms with Gasteiger partial charge in [0.05, 0.1) is 5.25 Å². The Morgan fingerprint density at radius 1 is 1.16 bits per heavy atom. The van der Waals surface area contributed by atoms with Gasteiger partial charge in [-0.15, -0.1) is 0 Å². The van der Waals surface area contributed by atoms with Crippen LogP contribution in [-0.4, -0.2) is 11.2 Å². The van der Waals surface area contributed by atoms with Gasteiger partial charge in [-0.05, 0) is 30.2 Å². The van der Waals surface area contributed by atoms with E-state index >= 15 is 0 Å². The summed E-state index contributed by atoms with van der Waals surface area (Å²) in [6.07, 6.45) is 0.594. The van der Waals surface area contributed by atoms with Crippen LogP contribution < -0.4 is 5.32 Å². The highest BCUT2D eigenvalue weighted by Gasteiger charge is 2.14. The van der Waals surface area contributed by atoms with E-state index in [0.717, 1.165) is 5.56 Å². The number of amides is 1. The van der Waals surface area contributed by atoms with Gasteiger partial charge in [0.15, 0.2) is 0 Å². The van der Waals surface area contributed by atoms with Crippen LogP contribution in [0.5, 0.6) is 0 Å². The van der Waals surface area contributed by atoms with Crippen LogP contribution in [0.15, 0.2) is 54.6 Å². The van der Waals surface area contributed by atoms with Gasteiger partial charge in [-0.2, -0.15) is 12.6 Å². The lowest BCUT2D eigenvalue weighted by Crippen LogP contribution is -2.25. The zero-order valence-electron chi connectivity index (χ0n) is 10.2. The molecule has 0 saturated carbocycles. The molecule has 0 radical (unpaired) electrons. The molecule has 0 aliphatic rings. The Morgan fingerprint density at radius 3 is 2.58 bits per heavy atom. The molecular weight excluding hydrogens is 278 g/mol. The molecule has 0 spiro atoms. The Balaban J connectivity index is 1.96. The van der Waals surface area contributed by atoms with E-state index in [9.17, 15) is 4.79 Å². The van der Waals surface area contributed by atoms with Gasteiger partial charge in [-0.3, -0.25) is 4.79 Å². The van der Waals surface area contributed by atoms with Crippen molar-refractivity contribution >= 4 is 35.8 Å². The second-order valence-corrected chi connectivity index (χ2v) is 5.26. The summed E-state index contributed by atoms with van der Waals surface area (Å²) < 4.78 is 0. The third-order valence-corrected chi connectivity index (χ3v) is 3.32. The number of carbonyl (C=O) groups is 1. The van der Waals surface area contributed by atoms with E-state index < -0.39 is 0 Å². The van der Waals surface area contributed by atoms with Gasteiger partial charge in [0.1, 0.15) is 0 Å². The summed E-state index contributed by atoms with van der Waals surface area (Å²) in [5, 5.41) is 3.01. The first-order chi connectivity index (χ1) is 9.15. The number of hydrogen-bond donors (Lipinski definition) is 2. The number of anilines is 1. The van der Waals surface area contributed by atoms with Crippen molar-refractivity contribution in [3.8, 4) is 0 Å². The number of carbonyl (C=O) groups excluding carboxylic acids is 1. The average molecular weight is 292 g/mol. The maximum absolute atomic E-state index is 12.0. The van der Waals surface area contributed by atoms with Gasteiger partial charge in [-0.25, -0.2) is 0 Å². The normalized spacial score (nSPS) is 11.9. The lowest BCUT2D eigenvalue weighted by Gasteiger charge is -2.11. The van der Waals surface area contributed by atoms with Crippen molar-refractivity contribution in [1.29, 1.82) is 0 Å². The molecule has 98 valence electrons. The van der Waals surface area contributed by atoms with Gasteiger partial charge >= 0.3 is 0 Å². The zero-order chi connectivity index (χ0) is 13.7. The largest absolute Gasteiger partial charge is 0.325 e. The minimum atomic E-state index is -0.388. The fourth-order valence-electron chi connectivity index (χ4n) is 1.72. The monoisotopic (exact) mass is 291 g/mol. The molecular formula is C15H14ClNOS. The summed E-state index contributed by atoms with van der Waals surface area (Å²) in [5.41, 5.74) is 1.77. The average Bonchev–Trinajstić information content (AvgIpc) is 2.40. The van der Waals surface area contributed by atoms with Gasteiger partial charge in [-0.1, -0.05) is 48.0 Å². The topological polar surface area (TPSA) is 29.1 Å². The molecule has 1 amide bonds. The number of halogens is 1. The summed E-state index contributed by atoms with van der Waals surface area (Å²) in [4.78, 5) is 12.0. The number of thiol groups is 1. The van der Waals surface area contributed by atoms with Gasteiger partial charge in [0.25, 0.3) is 0 Å². The second kappa shape index (κ2) is 6.64. The molecule has 0 aromatic heterocycles. The van der Waals surface area contributed by atoms with Crippen molar-refractivity contribution in [2.75, 3.05) is 5.32 Å². The summed E-state index contributed by atoms with van der Waals surface area (Å²) in [7, 11) is 0. The molecule has 0 saturated heterocycles. The van der Waals surface area contributed by atoms with Crippen molar-refractivity contribution in [2.45, 2.75) is 11.7 Å². The van der Waals surface area contributed by atoms with Crippen LogP contribution in [0.2, 0.25) is 5.02 Å². The van der Waals surface area contributed by atoms with Crippen molar-refractivity contribution in [2.24, 2.45) is 0 Å². The summed E-state index contributed by atoms with van der Waals surface area (Å²) in [5.74, 6) is -0.130. The van der Waals surface area contributed by atoms with Gasteiger partial charge in [0, 0.05) is 10.7 Å². The molecule has 0 fully saturated rings. The Bertz CT molecular complexity index is 559. The standard InChI is InChI=1S/C15H14ClNOS/c16-12-7-4-8-13(10-12)17-15(18)14(19)9-11-5-2-1-3-6-11/h1-8,10,14,19H,9H2,(H,17,18). The number of rotatable bonds is 4. The van der Waals surface area contributed by atoms with Crippen LogP contribution in [0.1, 0.15) is 5.56 Å². The molecule has 0 aliphatic carbocycles. The molecule has 0 bridgehead atoms. The molecule has 0 heterocycles. The SMILES string of the molecule is O=C(Nc1cccc(Cl)c1)C(S)Cc1ccccc1. The fraction of sp³-hybridized carbons (Fsp3) is 0.133. The third-order valence-electron chi connectivity index (χ3n) is 2.67. The molecule has 2 aromatic carbocycles. The van der Waals surface area contributed by atoms with Crippen LogP contribution in [0, 0.1) is 0 Å². The number of benzene rings is 2. The molecule has 1 unspecified atom stereocenters. The van der Waals surface area contributed by atoms with E-state index in [4.69, 9.17) is 11.6 Å². The van der Waals surface area contributed by atoms with Crippen LogP contribution in [0.3, 0.4) is 0 Å². The second-order valence-electron chi connectivity index (χ2n) is 4.21. The first-order valence-electron chi connectivity index (χ1n) is 5.93. The molecule has 0 aliphatic heterocycles. The Hall–Kier alpha value is -1.45. The van der Waals surface area contributed by atoms with E-state index in [-0.39, 0.29) is 11.2 Å². The summed E-state index contributed by atoms with van der Waals surface area (Å²) in [6, 6.07) is 16.9. The quantitative estimate of drug-likeness (QED) is 0.824. The van der Waals surface area contributed by atoms with Crippen molar-refractivity contribution in [3.63, 3.8) is 0 Å². The minimum absolute atomic E-state index is 0.130. The maximum atomic E-state index is 12.0.